The van der Waals surface area contributed by atoms with Crippen LogP contribution in [-0.4, -0.2) is 20.9 Å². The second-order valence-corrected chi connectivity index (χ2v) is 3.23. The number of pyridine rings is 1. The fourth-order valence-electron chi connectivity index (χ4n) is 1.28. The average Bonchev–Trinajstić information content (AvgIpc) is 2.65. The first-order valence-corrected chi connectivity index (χ1v) is 4.56. The highest BCUT2D eigenvalue weighted by atomic mass is 19.4. The fraction of sp³-hybridized carbons (Fsp3) is 0.200. The fourth-order valence-corrected chi connectivity index (χ4v) is 1.28. The van der Waals surface area contributed by atoms with Gasteiger partial charge in [-0.05, 0) is 18.2 Å². The van der Waals surface area contributed by atoms with Crippen LogP contribution in [0.1, 0.15) is 0 Å². The topological polar surface area (TPSA) is 30.7 Å². The number of halogens is 3. The van der Waals surface area contributed by atoms with Gasteiger partial charge in [0, 0.05) is 12.4 Å². The predicted octanol–water partition coefficient (Wildman–Crippen LogP) is 2.51. The van der Waals surface area contributed by atoms with Gasteiger partial charge in [0.05, 0.1) is 5.69 Å². The van der Waals surface area contributed by atoms with E-state index in [1.54, 1.807) is 24.4 Å². The zero-order chi connectivity index (χ0) is 11.6. The number of hydrogen-bond donors (Lipinski definition) is 0. The Balaban J connectivity index is 2.21. The number of rotatable bonds is 2. The van der Waals surface area contributed by atoms with E-state index in [2.05, 4.69) is 10.1 Å². The molecule has 0 aromatic carbocycles. The standard InChI is InChI=1S/C10H8F3N3/c11-10(12,13)7-16-6-4-9(15-16)8-3-1-2-5-14-8/h1-6H,7H2. The minimum atomic E-state index is -4.26. The van der Waals surface area contributed by atoms with Crippen LogP contribution in [0.3, 0.4) is 0 Å². The quantitative estimate of drug-likeness (QED) is 0.789. The summed E-state index contributed by atoms with van der Waals surface area (Å²) >= 11 is 0. The molecule has 0 aliphatic rings. The van der Waals surface area contributed by atoms with Crippen molar-refractivity contribution < 1.29 is 13.2 Å². The largest absolute Gasteiger partial charge is 0.408 e. The van der Waals surface area contributed by atoms with E-state index >= 15 is 0 Å². The lowest BCUT2D eigenvalue weighted by molar-refractivity contribution is -0.142. The number of aromatic nitrogens is 3. The van der Waals surface area contributed by atoms with E-state index in [1.807, 2.05) is 0 Å². The molecule has 3 nitrogen and oxygen atoms in total. The Morgan fingerprint density at radius 2 is 1.94 bits per heavy atom. The SMILES string of the molecule is FC(F)(F)Cn1ccc(-c2ccccn2)n1. The Kier molecular flexibility index (Phi) is 2.64. The second-order valence-electron chi connectivity index (χ2n) is 3.23. The first kappa shape index (κ1) is 10.7. The first-order chi connectivity index (χ1) is 7.54. The molecule has 0 spiro atoms. The third kappa shape index (κ3) is 2.59. The second kappa shape index (κ2) is 3.96. The lowest BCUT2D eigenvalue weighted by Gasteiger charge is -2.05. The van der Waals surface area contributed by atoms with Gasteiger partial charge in [-0.2, -0.15) is 18.3 Å². The molecule has 0 fully saturated rings. The molecular formula is C10H8F3N3. The van der Waals surface area contributed by atoms with Crippen LogP contribution in [0.2, 0.25) is 0 Å². The van der Waals surface area contributed by atoms with Gasteiger partial charge in [0.2, 0.25) is 0 Å². The summed E-state index contributed by atoms with van der Waals surface area (Å²) < 4.78 is 37.1. The van der Waals surface area contributed by atoms with E-state index in [1.165, 1.54) is 12.3 Å². The molecular weight excluding hydrogens is 219 g/mol. The third-order valence-corrected chi connectivity index (χ3v) is 1.91. The summed E-state index contributed by atoms with van der Waals surface area (Å²) in [6.45, 7) is -1.08. The molecule has 6 heteroatoms. The summed E-state index contributed by atoms with van der Waals surface area (Å²) in [5, 5.41) is 3.80. The maximum Gasteiger partial charge on any atom is 0.408 e. The molecule has 0 aliphatic carbocycles. The molecule has 0 amide bonds. The van der Waals surface area contributed by atoms with E-state index in [-0.39, 0.29) is 0 Å². The Morgan fingerprint density at radius 1 is 1.12 bits per heavy atom. The van der Waals surface area contributed by atoms with Gasteiger partial charge >= 0.3 is 6.18 Å². The highest BCUT2D eigenvalue weighted by Gasteiger charge is 2.28. The molecule has 84 valence electrons. The molecule has 0 saturated carbocycles. The van der Waals surface area contributed by atoms with Crippen LogP contribution < -0.4 is 0 Å². The van der Waals surface area contributed by atoms with Crippen molar-refractivity contribution in [1.82, 2.24) is 14.8 Å². The van der Waals surface area contributed by atoms with Crippen LogP contribution in [0.4, 0.5) is 13.2 Å². The van der Waals surface area contributed by atoms with Crippen molar-refractivity contribution in [3.63, 3.8) is 0 Å². The minimum absolute atomic E-state index is 0.435. The summed E-state index contributed by atoms with van der Waals surface area (Å²) in [5.74, 6) is 0. The maximum absolute atomic E-state index is 12.1. The van der Waals surface area contributed by atoms with Gasteiger partial charge in [0.25, 0.3) is 0 Å². The van der Waals surface area contributed by atoms with Crippen molar-refractivity contribution in [2.45, 2.75) is 12.7 Å². The van der Waals surface area contributed by atoms with Gasteiger partial charge < -0.3 is 0 Å². The minimum Gasteiger partial charge on any atom is -0.263 e. The molecule has 16 heavy (non-hydrogen) atoms. The lowest BCUT2D eigenvalue weighted by Crippen LogP contribution is -2.17. The van der Waals surface area contributed by atoms with Crippen molar-refractivity contribution in [3.05, 3.63) is 36.7 Å². The predicted molar refractivity (Wildman–Crippen MR) is 51.5 cm³/mol. The van der Waals surface area contributed by atoms with Gasteiger partial charge in [-0.3, -0.25) is 9.67 Å². The van der Waals surface area contributed by atoms with Gasteiger partial charge in [-0.15, -0.1) is 0 Å². The van der Waals surface area contributed by atoms with Gasteiger partial charge in [0.15, 0.2) is 0 Å². The Bertz CT molecular complexity index is 462. The van der Waals surface area contributed by atoms with E-state index in [9.17, 15) is 13.2 Å². The molecule has 2 heterocycles. The van der Waals surface area contributed by atoms with E-state index in [0.717, 1.165) is 4.68 Å². The van der Waals surface area contributed by atoms with Crippen LogP contribution in [-0.2, 0) is 6.54 Å². The Morgan fingerprint density at radius 3 is 2.56 bits per heavy atom. The number of hydrogen-bond acceptors (Lipinski definition) is 2. The van der Waals surface area contributed by atoms with E-state index in [0.29, 0.717) is 11.4 Å². The number of alkyl halides is 3. The average molecular weight is 227 g/mol. The zero-order valence-corrected chi connectivity index (χ0v) is 8.15. The summed E-state index contributed by atoms with van der Waals surface area (Å²) in [5.41, 5.74) is 0.994. The van der Waals surface area contributed by atoms with Crippen LogP contribution in [0.25, 0.3) is 11.4 Å². The normalized spacial score (nSPS) is 11.7. The third-order valence-electron chi connectivity index (χ3n) is 1.91. The van der Waals surface area contributed by atoms with Crippen LogP contribution >= 0.6 is 0 Å². The molecule has 2 aromatic rings. The van der Waals surface area contributed by atoms with Crippen LogP contribution in [0.15, 0.2) is 36.7 Å². The van der Waals surface area contributed by atoms with Gasteiger partial charge in [-0.1, -0.05) is 6.07 Å². The molecule has 0 bridgehead atoms. The smallest absolute Gasteiger partial charge is 0.263 e. The lowest BCUT2D eigenvalue weighted by atomic mass is 10.3. The first-order valence-electron chi connectivity index (χ1n) is 4.56. The zero-order valence-electron chi connectivity index (χ0n) is 8.15. The van der Waals surface area contributed by atoms with Gasteiger partial charge in [-0.25, -0.2) is 0 Å². The Labute approximate surface area is 89.5 Å². The van der Waals surface area contributed by atoms with Crippen molar-refractivity contribution in [1.29, 1.82) is 0 Å². The van der Waals surface area contributed by atoms with Crippen LogP contribution in [0.5, 0.6) is 0 Å². The van der Waals surface area contributed by atoms with Crippen molar-refractivity contribution in [2.75, 3.05) is 0 Å². The van der Waals surface area contributed by atoms with Crippen molar-refractivity contribution in [2.24, 2.45) is 0 Å². The molecule has 0 radical (unpaired) electrons. The van der Waals surface area contributed by atoms with Crippen LogP contribution in [0, 0.1) is 0 Å². The molecule has 2 aromatic heterocycles. The summed E-state index contributed by atoms with van der Waals surface area (Å²) in [4.78, 5) is 4.00. The molecule has 0 N–H and O–H groups in total. The monoisotopic (exact) mass is 227 g/mol. The van der Waals surface area contributed by atoms with E-state index < -0.39 is 12.7 Å². The molecule has 0 atom stereocenters. The highest BCUT2D eigenvalue weighted by molar-refractivity contribution is 5.52. The molecule has 0 saturated heterocycles. The summed E-state index contributed by atoms with van der Waals surface area (Å²) in [7, 11) is 0. The molecule has 2 rings (SSSR count). The Hall–Kier alpha value is -1.85. The van der Waals surface area contributed by atoms with Crippen molar-refractivity contribution in [3.8, 4) is 11.4 Å². The highest BCUT2D eigenvalue weighted by Crippen LogP contribution is 2.19. The van der Waals surface area contributed by atoms with E-state index in [4.69, 9.17) is 0 Å². The number of nitrogens with zero attached hydrogens (tertiary/aromatic N) is 3. The molecule has 0 aliphatic heterocycles. The van der Waals surface area contributed by atoms with Crippen molar-refractivity contribution >= 4 is 0 Å². The maximum atomic E-state index is 12.1. The van der Waals surface area contributed by atoms with Gasteiger partial charge in [0.1, 0.15) is 12.2 Å². The molecule has 0 unspecified atom stereocenters. The summed E-state index contributed by atoms with van der Waals surface area (Å²) in [6, 6.07) is 6.69. The summed E-state index contributed by atoms with van der Waals surface area (Å²) in [6.07, 6.45) is -1.40.